The molecule has 0 aliphatic carbocycles. The van der Waals surface area contributed by atoms with Crippen molar-refractivity contribution in [2.24, 2.45) is 10.7 Å². The Morgan fingerprint density at radius 2 is 2.17 bits per heavy atom. The normalized spacial score (nSPS) is 17.9. The number of ether oxygens (including phenoxy) is 1. The number of carbonyl (C=O) groups excluding carboxylic acids is 1. The molecule has 1 aliphatic rings. The third kappa shape index (κ3) is 5.85. The van der Waals surface area contributed by atoms with Gasteiger partial charge in [0, 0.05) is 12.2 Å². The lowest BCUT2D eigenvalue weighted by Crippen LogP contribution is -2.28. The molecule has 0 fully saturated rings. The SMILES string of the molecule is C.CC#CCOc1ccc(C(=O)Cc2cccc([C@]3(C)CCSC(N)=N3)c2)nc1. The third-order valence-corrected chi connectivity index (χ3v) is 5.41. The smallest absolute Gasteiger partial charge is 0.185 e. The van der Waals surface area contributed by atoms with Crippen LogP contribution in [0.1, 0.15) is 49.3 Å². The molecule has 0 saturated carbocycles. The molecule has 1 aromatic carbocycles. The molecule has 0 amide bonds. The molecule has 0 spiro atoms. The molecule has 1 aromatic heterocycles. The van der Waals surface area contributed by atoms with Gasteiger partial charge in [0.05, 0.1) is 11.7 Å². The second kappa shape index (κ2) is 10.1. The molecule has 2 heterocycles. The van der Waals surface area contributed by atoms with Gasteiger partial charge in [-0.2, -0.15) is 0 Å². The highest BCUT2D eigenvalue weighted by atomic mass is 32.2. The van der Waals surface area contributed by atoms with E-state index < -0.39 is 0 Å². The summed E-state index contributed by atoms with van der Waals surface area (Å²) in [5.41, 5.74) is 8.02. The van der Waals surface area contributed by atoms with Crippen LogP contribution in [0, 0.1) is 11.8 Å². The molecule has 1 atom stereocenters. The van der Waals surface area contributed by atoms with Gasteiger partial charge in [-0.3, -0.25) is 9.79 Å². The van der Waals surface area contributed by atoms with Crippen LogP contribution in [0.5, 0.6) is 5.75 Å². The van der Waals surface area contributed by atoms with Crippen LogP contribution >= 0.6 is 11.8 Å². The van der Waals surface area contributed by atoms with E-state index >= 15 is 0 Å². The summed E-state index contributed by atoms with van der Waals surface area (Å²) < 4.78 is 5.43. The summed E-state index contributed by atoms with van der Waals surface area (Å²) in [5.74, 6) is 7.08. The lowest BCUT2D eigenvalue weighted by molar-refractivity contribution is 0.0988. The highest BCUT2D eigenvalue weighted by Crippen LogP contribution is 2.35. The van der Waals surface area contributed by atoms with Crippen LogP contribution in [0.25, 0.3) is 0 Å². The zero-order valence-corrected chi connectivity index (χ0v) is 16.9. The maximum atomic E-state index is 12.6. The summed E-state index contributed by atoms with van der Waals surface area (Å²) in [4.78, 5) is 21.5. The molecule has 0 radical (unpaired) electrons. The Morgan fingerprint density at radius 3 is 2.86 bits per heavy atom. The molecule has 2 aromatic rings. The first-order valence-corrected chi connectivity index (χ1v) is 10.1. The number of aliphatic imine (C=N–C) groups is 1. The first kappa shape index (κ1) is 22.5. The number of hydrogen-bond donors (Lipinski definition) is 1. The van der Waals surface area contributed by atoms with E-state index in [-0.39, 0.29) is 25.2 Å². The largest absolute Gasteiger partial charge is 0.479 e. The van der Waals surface area contributed by atoms with Gasteiger partial charge in [-0.15, -0.1) is 5.92 Å². The maximum Gasteiger partial charge on any atom is 0.185 e. The fourth-order valence-corrected chi connectivity index (χ4v) is 3.98. The second-order valence-corrected chi connectivity index (χ2v) is 7.83. The number of nitrogens with two attached hydrogens (primary N) is 1. The number of thioether (sulfide) groups is 1. The molecule has 3 rings (SSSR count). The molecule has 1 aliphatic heterocycles. The molecule has 152 valence electrons. The van der Waals surface area contributed by atoms with Crippen molar-refractivity contribution in [2.75, 3.05) is 12.4 Å². The topological polar surface area (TPSA) is 77.6 Å². The minimum absolute atomic E-state index is 0. The third-order valence-electron chi connectivity index (χ3n) is 4.62. The van der Waals surface area contributed by atoms with Gasteiger partial charge in [-0.05, 0) is 43.5 Å². The predicted molar refractivity (Wildman–Crippen MR) is 120 cm³/mol. The van der Waals surface area contributed by atoms with Crippen LogP contribution < -0.4 is 10.5 Å². The lowest BCUT2D eigenvalue weighted by atomic mass is 9.88. The number of pyridine rings is 1. The fourth-order valence-electron chi connectivity index (χ4n) is 3.01. The van der Waals surface area contributed by atoms with Gasteiger partial charge >= 0.3 is 0 Å². The van der Waals surface area contributed by atoms with Crippen molar-refractivity contribution in [3.63, 3.8) is 0 Å². The summed E-state index contributed by atoms with van der Waals surface area (Å²) in [6, 6.07) is 11.4. The van der Waals surface area contributed by atoms with E-state index in [9.17, 15) is 4.79 Å². The number of carbonyl (C=O) groups is 1. The van der Waals surface area contributed by atoms with Crippen LogP contribution in [0.4, 0.5) is 0 Å². The molecular formula is C23H27N3O2S. The molecule has 0 unspecified atom stereocenters. The fraction of sp³-hybridized carbons (Fsp3) is 0.348. The van der Waals surface area contributed by atoms with Gasteiger partial charge in [-0.25, -0.2) is 4.98 Å². The van der Waals surface area contributed by atoms with Crippen LogP contribution in [0.15, 0.2) is 47.6 Å². The predicted octanol–water partition coefficient (Wildman–Crippen LogP) is 4.21. The first-order chi connectivity index (χ1) is 13.5. The van der Waals surface area contributed by atoms with Crippen LogP contribution in [0.2, 0.25) is 0 Å². The molecule has 2 N–H and O–H groups in total. The maximum absolute atomic E-state index is 12.6. The van der Waals surface area contributed by atoms with Crippen LogP contribution in [0.3, 0.4) is 0 Å². The molecule has 5 nitrogen and oxygen atoms in total. The quantitative estimate of drug-likeness (QED) is 0.571. The zero-order chi connectivity index (χ0) is 20.0. The number of hydrogen-bond acceptors (Lipinski definition) is 6. The van der Waals surface area contributed by atoms with Gasteiger partial charge in [-0.1, -0.05) is 49.4 Å². The number of rotatable bonds is 6. The Hall–Kier alpha value is -2.78. The van der Waals surface area contributed by atoms with Crippen LogP contribution in [-0.2, 0) is 12.0 Å². The first-order valence-electron chi connectivity index (χ1n) is 9.09. The summed E-state index contributed by atoms with van der Waals surface area (Å²) in [5, 5.41) is 0.617. The van der Waals surface area contributed by atoms with Gasteiger partial charge < -0.3 is 10.5 Å². The van der Waals surface area contributed by atoms with Gasteiger partial charge in [0.1, 0.15) is 18.1 Å². The summed E-state index contributed by atoms with van der Waals surface area (Å²) in [6.07, 6.45) is 2.76. The summed E-state index contributed by atoms with van der Waals surface area (Å²) in [7, 11) is 0. The Labute approximate surface area is 177 Å². The van der Waals surface area contributed by atoms with E-state index in [0.29, 0.717) is 23.2 Å². The summed E-state index contributed by atoms with van der Waals surface area (Å²) in [6.45, 7) is 4.15. The Bertz CT molecular complexity index is 945. The van der Waals surface area contributed by atoms with Gasteiger partial charge in [0.25, 0.3) is 0 Å². The number of ketones is 1. The summed E-state index contributed by atoms with van der Waals surface area (Å²) >= 11 is 1.58. The van der Waals surface area contributed by atoms with Gasteiger partial charge in [0.2, 0.25) is 0 Å². The van der Waals surface area contributed by atoms with Crippen molar-refractivity contribution in [3.05, 3.63) is 59.4 Å². The lowest BCUT2D eigenvalue weighted by Gasteiger charge is -2.30. The van der Waals surface area contributed by atoms with E-state index in [0.717, 1.165) is 23.3 Å². The molecular weight excluding hydrogens is 382 g/mol. The highest BCUT2D eigenvalue weighted by molar-refractivity contribution is 8.13. The standard InChI is InChI=1S/C22H23N3O2S.CH4/c1-3-4-11-27-18-8-9-19(24-15-18)20(26)14-16-6-5-7-17(13-16)22(2)10-12-28-21(23)25-22;/h5-9,13,15H,10-12,14H2,1-2H3,(H2,23,25);1H4/t22-;/m0./s1. The van der Waals surface area contributed by atoms with Crippen molar-refractivity contribution in [3.8, 4) is 17.6 Å². The van der Waals surface area contributed by atoms with E-state index in [4.69, 9.17) is 10.5 Å². The Morgan fingerprint density at radius 1 is 1.34 bits per heavy atom. The van der Waals surface area contributed by atoms with E-state index in [2.05, 4.69) is 28.7 Å². The number of amidine groups is 1. The van der Waals surface area contributed by atoms with Crippen molar-refractivity contribution in [2.45, 2.75) is 39.7 Å². The van der Waals surface area contributed by atoms with Crippen LogP contribution in [-0.4, -0.2) is 28.3 Å². The Kier molecular flexibility index (Phi) is 7.86. The number of aromatic nitrogens is 1. The minimum atomic E-state index is -0.340. The second-order valence-electron chi connectivity index (χ2n) is 6.72. The zero-order valence-electron chi connectivity index (χ0n) is 16.1. The molecule has 0 bridgehead atoms. The molecule has 6 heteroatoms. The van der Waals surface area contributed by atoms with E-state index in [1.807, 2.05) is 24.3 Å². The average molecular weight is 410 g/mol. The Balaban J connectivity index is 0.00000300. The van der Waals surface area contributed by atoms with E-state index in [1.165, 1.54) is 0 Å². The highest BCUT2D eigenvalue weighted by Gasteiger charge is 2.29. The molecule has 0 saturated heterocycles. The average Bonchev–Trinajstić information content (AvgIpc) is 2.69. The number of benzene rings is 1. The van der Waals surface area contributed by atoms with Crippen molar-refractivity contribution >= 4 is 22.7 Å². The van der Waals surface area contributed by atoms with Gasteiger partial charge in [0.15, 0.2) is 11.0 Å². The van der Waals surface area contributed by atoms with Crippen molar-refractivity contribution in [1.29, 1.82) is 0 Å². The van der Waals surface area contributed by atoms with Crippen molar-refractivity contribution in [1.82, 2.24) is 4.98 Å². The molecule has 29 heavy (non-hydrogen) atoms. The van der Waals surface area contributed by atoms with Crippen molar-refractivity contribution < 1.29 is 9.53 Å². The number of nitrogens with zero attached hydrogens (tertiary/aromatic N) is 2. The monoisotopic (exact) mass is 409 g/mol. The number of Topliss-reactive ketones (excluding diaryl/α,β-unsaturated/α-hetero) is 1. The minimum Gasteiger partial charge on any atom is -0.479 e. The van der Waals surface area contributed by atoms with E-state index in [1.54, 1.807) is 37.0 Å².